The number of amides is 1. The zero-order valence-corrected chi connectivity index (χ0v) is 17.0. The molecule has 4 rings (SSSR count). The number of hydrogen-bond donors (Lipinski definition) is 1. The van der Waals surface area contributed by atoms with Gasteiger partial charge in [0.05, 0.1) is 25.0 Å². The minimum atomic E-state index is -0.558. The molecule has 2 atom stereocenters. The molecule has 3 heterocycles. The maximum absolute atomic E-state index is 13.3. The van der Waals surface area contributed by atoms with E-state index in [4.69, 9.17) is 4.42 Å². The molecule has 6 nitrogen and oxygen atoms in total. The molecule has 1 amide bonds. The summed E-state index contributed by atoms with van der Waals surface area (Å²) in [5.74, 6) is 0.570. The van der Waals surface area contributed by atoms with Gasteiger partial charge in [-0.3, -0.25) is 4.79 Å². The summed E-state index contributed by atoms with van der Waals surface area (Å²) in [7, 11) is 0. The number of rotatable bonds is 7. The van der Waals surface area contributed by atoms with Crippen LogP contribution in [0, 0.1) is 0 Å². The largest absolute Gasteiger partial charge is 0.463 e. The monoisotopic (exact) mass is 409 g/mol. The first-order chi connectivity index (χ1) is 14.1. The van der Waals surface area contributed by atoms with E-state index in [1.54, 1.807) is 29.5 Å². The van der Waals surface area contributed by atoms with Crippen molar-refractivity contribution in [1.82, 2.24) is 5.01 Å². The van der Waals surface area contributed by atoms with Crippen LogP contribution in [-0.2, 0) is 4.79 Å². The Balaban J connectivity index is 1.59. The van der Waals surface area contributed by atoms with Crippen molar-refractivity contribution in [2.45, 2.75) is 25.5 Å². The van der Waals surface area contributed by atoms with E-state index >= 15 is 0 Å². The number of benzene rings is 1. The van der Waals surface area contributed by atoms with Gasteiger partial charge in [-0.15, -0.1) is 11.3 Å². The summed E-state index contributed by atoms with van der Waals surface area (Å²) in [5, 5.41) is 18.1. The first kappa shape index (κ1) is 19.4. The molecule has 3 aromatic rings. The Morgan fingerprint density at radius 2 is 2.10 bits per heavy atom. The van der Waals surface area contributed by atoms with Gasteiger partial charge in [0.25, 0.3) is 5.91 Å². The Bertz CT molecular complexity index is 953. The summed E-state index contributed by atoms with van der Waals surface area (Å²) in [6.45, 7) is 2.21. The minimum Gasteiger partial charge on any atom is -0.463 e. The number of nitrogens with zero attached hydrogens (tertiary/aromatic N) is 3. The zero-order valence-electron chi connectivity index (χ0n) is 16.1. The molecule has 7 heteroatoms. The number of aliphatic hydroxyl groups is 1. The molecular weight excluding hydrogens is 386 g/mol. The lowest BCUT2D eigenvalue weighted by Crippen LogP contribution is -2.41. The van der Waals surface area contributed by atoms with Crippen LogP contribution in [0.4, 0.5) is 5.69 Å². The molecule has 0 aliphatic carbocycles. The molecule has 150 valence electrons. The van der Waals surface area contributed by atoms with Crippen molar-refractivity contribution in [3.8, 4) is 0 Å². The summed E-state index contributed by atoms with van der Waals surface area (Å²) in [6.07, 6.45) is 1.67. The Kier molecular flexibility index (Phi) is 5.78. The van der Waals surface area contributed by atoms with Gasteiger partial charge in [-0.05, 0) is 42.6 Å². The van der Waals surface area contributed by atoms with Crippen LogP contribution < -0.4 is 4.90 Å². The summed E-state index contributed by atoms with van der Waals surface area (Å²) >= 11 is 1.62. The van der Waals surface area contributed by atoms with Crippen molar-refractivity contribution in [3.05, 3.63) is 76.9 Å². The molecule has 1 aliphatic rings. The second-order valence-corrected chi connectivity index (χ2v) is 8.04. The number of hydrazone groups is 1. The second kappa shape index (κ2) is 8.63. The maximum atomic E-state index is 13.3. The van der Waals surface area contributed by atoms with Gasteiger partial charge in [-0.25, -0.2) is 5.01 Å². The number of para-hydroxylation sites is 1. The number of furan rings is 1. The minimum absolute atomic E-state index is 0.116. The highest BCUT2D eigenvalue weighted by Gasteiger charge is 2.35. The molecule has 0 spiro atoms. The SMILES string of the molecule is CC(O)CN(CC(=O)N1N=C(c2ccco2)CC1c1cccs1)c1ccccc1. The van der Waals surface area contributed by atoms with Gasteiger partial charge in [0, 0.05) is 23.5 Å². The van der Waals surface area contributed by atoms with Crippen LogP contribution in [0.2, 0.25) is 0 Å². The van der Waals surface area contributed by atoms with Crippen LogP contribution in [0.1, 0.15) is 30.0 Å². The number of carbonyl (C=O) groups excluding carboxylic acids is 1. The van der Waals surface area contributed by atoms with Crippen molar-refractivity contribution < 1.29 is 14.3 Å². The number of carbonyl (C=O) groups is 1. The Hall–Kier alpha value is -2.90. The van der Waals surface area contributed by atoms with Crippen molar-refractivity contribution in [2.75, 3.05) is 18.0 Å². The van der Waals surface area contributed by atoms with Crippen LogP contribution in [0.15, 0.2) is 75.8 Å². The Morgan fingerprint density at radius 1 is 1.28 bits per heavy atom. The van der Waals surface area contributed by atoms with E-state index in [1.165, 1.54) is 0 Å². The number of aliphatic hydroxyl groups excluding tert-OH is 1. The van der Waals surface area contributed by atoms with E-state index < -0.39 is 6.10 Å². The lowest BCUT2D eigenvalue weighted by Gasteiger charge is -2.28. The molecule has 0 fully saturated rings. The fourth-order valence-electron chi connectivity index (χ4n) is 3.49. The summed E-state index contributed by atoms with van der Waals surface area (Å²) in [6, 6.07) is 17.2. The fraction of sp³-hybridized carbons (Fsp3) is 0.273. The van der Waals surface area contributed by atoms with E-state index in [-0.39, 0.29) is 18.5 Å². The predicted octanol–water partition coefficient (Wildman–Crippen LogP) is 3.91. The molecule has 0 saturated carbocycles. The van der Waals surface area contributed by atoms with Crippen LogP contribution in [0.3, 0.4) is 0 Å². The summed E-state index contributed by atoms with van der Waals surface area (Å²) in [4.78, 5) is 16.3. The first-order valence-corrected chi connectivity index (χ1v) is 10.4. The third-order valence-electron chi connectivity index (χ3n) is 4.78. The topological polar surface area (TPSA) is 69.3 Å². The lowest BCUT2D eigenvalue weighted by atomic mass is 10.1. The van der Waals surface area contributed by atoms with E-state index in [0.29, 0.717) is 18.7 Å². The molecule has 2 unspecified atom stereocenters. The Labute approximate surface area is 173 Å². The van der Waals surface area contributed by atoms with Gasteiger partial charge in [0.2, 0.25) is 0 Å². The molecule has 0 bridgehead atoms. The molecular formula is C22H23N3O3S. The van der Waals surface area contributed by atoms with Gasteiger partial charge in [0.1, 0.15) is 11.5 Å². The second-order valence-electron chi connectivity index (χ2n) is 7.06. The average molecular weight is 410 g/mol. The number of hydrogen-bond acceptors (Lipinski definition) is 6. The van der Waals surface area contributed by atoms with Crippen LogP contribution in [-0.4, -0.2) is 40.9 Å². The van der Waals surface area contributed by atoms with Crippen molar-refractivity contribution in [2.24, 2.45) is 5.10 Å². The van der Waals surface area contributed by atoms with Crippen LogP contribution >= 0.6 is 11.3 Å². The number of anilines is 1. The molecule has 0 saturated heterocycles. The predicted molar refractivity (Wildman–Crippen MR) is 114 cm³/mol. The van der Waals surface area contributed by atoms with E-state index in [9.17, 15) is 9.90 Å². The van der Waals surface area contributed by atoms with Crippen LogP contribution in [0.25, 0.3) is 0 Å². The molecule has 1 N–H and O–H groups in total. The van der Waals surface area contributed by atoms with E-state index in [0.717, 1.165) is 16.3 Å². The van der Waals surface area contributed by atoms with Gasteiger partial charge in [0.15, 0.2) is 0 Å². The smallest absolute Gasteiger partial charge is 0.262 e. The maximum Gasteiger partial charge on any atom is 0.262 e. The molecule has 0 radical (unpaired) electrons. The van der Waals surface area contributed by atoms with Gasteiger partial charge in [-0.1, -0.05) is 24.3 Å². The fourth-order valence-corrected chi connectivity index (χ4v) is 4.30. The van der Waals surface area contributed by atoms with Crippen LogP contribution in [0.5, 0.6) is 0 Å². The highest BCUT2D eigenvalue weighted by atomic mass is 32.1. The highest BCUT2D eigenvalue weighted by molar-refractivity contribution is 7.10. The third-order valence-corrected chi connectivity index (χ3v) is 5.75. The van der Waals surface area contributed by atoms with Crippen molar-refractivity contribution in [1.29, 1.82) is 0 Å². The quantitative estimate of drug-likeness (QED) is 0.642. The first-order valence-electron chi connectivity index (χ1n) is 9.56. The molecule has 29 heavy (non-hydrogen) atoms. The van der Waals surface area contributed by atoms with Gasteiger partial charge >= 0.3 is 0 Å². The molecule has 1 aromatic carbocycles. The summed E-state index contributed by atoms with van der Waals surface area (Å²) in [5.41, 5.74) is 1.66. The molecule has 2 aromatic heterocycles. The third kappa shape index (κ3) is 4.41. The van der Waals surface area contributed by atoms with Gasteiger partial charge < -0.3 is 14.4 Å². The summed E-state index contributed by atoms with van der Waals surface area (Å²) < 4.78 is 5.51. The standard InChI is InChI=1S/C22H23N3O3S/c1-16(26)14-24(17-7-3-2-4-8-17)15-22(27)25-19(21-10-6-12-29-21)13-18(23-25)20-9-5-11-28-20/h2-12,16,19,26H,13-15H2,1H3. The van der Waals surface area contributed by atoms with Crippen molar-refractivity contribution in [3.63, 3.8) is 0 Å². The average Bonchev–Trinajstić information content (AvgIpc) is 3.48. The van der Waals surface area contributed by atoms with Crippen molar-refractivity contribution >= 4 is 28.6 Å². The normalized spacial score (nSPS) is 17.2. The molecule has 1 aliphatic heterocycles. The zero-order chi connectivity index (χ0) is 20.2. The van der Waals surface area contributed by atoms with E-state index in [2.05, 4.69) is 5.10 Å². The highest BCUT2D eigenvalue weighted by Crippen LogP contribution is 2.35. The van der Waals surface area contributed by atoms with E-state index in [1.807, 2.05) is 64.9 Å². The number of thiophene rings is 1. The van der Waals surface area contributed by atoms with Gasteiger partial charge in [-0.2, -0.15) is 5.10 Å². The Morgan fingerprint density at radius 3 is 2.76 bits per heavy atom. The lowest BCUT2D eigenvalue weighted by molar-refractivity contribution is -0.131.